The highest BCUT2D eigenvalue weighted by Gasteiger charge is 2.37. The molecular weight excluding hydrogens is 474 g/mol. The van der Waals surface area contributed by atoms with E-state index in [1.165, 1.54) is 21.7 Å². The van der Waals surface area contributed by atoms with Crippen molar-refractivity contribution in [3.63, 3.8) is 0 Å². The molecular formula is C27H51N5O5. The van der Waals surface area contributed by atoms with Crippen LogP contribution in [0.25, 0.3) is 0 Å². The molecule has 0 aromatic rings. The molecule has 10 heteroatoms. The smallest absolute Gasteiger partial charge is 0.245 e. The van der Waals surface area contributed by atoms with Crippen LogP contribution in [-0.4, -0.2) is 89.5 Å². The van der Waals surface area contributed by atoms with Gasteiger partial charge in [-0.2, -0.15) is 0 Å². The Morgan fingerprint density at radius 3 is 1.59 bits per heavy atom. The van der Waals surface area contributed by atoms with Gasteiger partial charge in [0.05, 0.1) is 0 Å². The zero-order valence-electron chi connectivity index (χ0n) is 24.8. The van der Waals surface area contributed by atoms with Gasteiger partial charge in [-0.15, -0.1) is 0 Å². The van der Waals surface area contributed by atoms with Gasteiger partial charge in [0.1, 0.15) is 24.2 Å². The zero-order valence-corrected chi connectivity index (χ0v) is 24.8. The van der Waals surface area contributed by atoms with E-state index in [2.05, 4.69) is 5.32 Å². The molecule has 0 aliphatic rings. The highest BCUT2D eigenvalue weighted by molar-refractivity contribution is 5.95. The Labute approximate surface area is 223 Å². The van der Waals surface area contributed by atoms with Crippen LogP contribution >= 0.6 is 0 Å². The minimum Gasteiger partial charge on any atom is -0.368 e. The fourth-order valence-electron chi connectivity index (χ4n) is 4.16. The van der Waals surface area contributed by atoms with Crippen molar-refractivity contribution in [1.82, 2.24) is 20.0 Å². The molecule has 10 nitrogen and oxygen atoms in total. The molecule has 0 fully saturated rings. The van der Waals surface area contributed by atoms with Gasteiger partial charge < -0.3 is 25.8 Å². The molecule has 37 heavy (non-hydrogen) atoms. The van der Waals surface area contributed by atoms with Gasteiger partial charge >= 0.3 is 0 Å². The van der Waals surface area contributed by atoms with Gasteiger partial charge in [-0.1, -0.05) is 48.5 Å². The maximum Gasteiger partial charge on any atom is 0.245 e. The minimum atomic E-state index is -0.907. The van der Waals surface area contributed by atoms with Gasteiger partial charge in [-0.3, -0.25) is 24.0 Å². The molecule has 0 rings (SSSR count). The lowest BCUT2D eigenvalue weighted by Crippen LogP contribution is -2.59. The summed E-state index contributed by atoms with van der Waals surface area (Å²) < 4.78 is 0. The lowest BCUT2D eigenvalue weighted by atomic mass is 9.97. The van der Waals surface area contributed by atoms with Gasteiger partial charge in [-0.25, -0.2) is 0 Å². The van der Waals surface area contributed by atoms with Gasteiger partial charge in [0.25, 0.3) is 0 Å². The highest BCUT2D eigenvalue weighted by Crippen LogP contribution is 2.17. The van der Waals surface area contributed by atoms with Crippen LogP contribution in [0, 0.1) is 17.8 Å². The van der Waals surface area contributed by atoms with Crippen LogP contribution in [0.5, 0.6) is 0 Å². The van der Waals surface area contributed by atoms with Crippen LogP contribution < -0.4 is 11.1 Å². The molecule has 214 valence electrons. The topological polar surface area (TPSA) is 133 Å². The molecule has 5 amide bonds. The second kappa shape index (κ2) is 15.6. The molecule has 0 spiro atoms. The van der Waals surface area contributed by atoms with Crippen molar-refractivity contribution in [2.45, 2.75) is 105 Å². The first kappa shape index (κ1) is 34.4. The standard InChI is InChI=1S/C27H51N5O5/c1-12-13-22(33)30(9)19(8)26(36)32(11)21(15-17(4)5)25(35)29-23(18(6)7)27(37)31(10)20(24(28)34)14-16(2)3/h16-21,23H,12-15H2,1-11H3,(H2,28,34)(H,29,35)/t19-,20+,21+,23+/m1/s1. The molecule has 0 unspecified atom stereocenters. The average molecular weight is 526 g/mol. The highest BCUT2D eigenvalue weighted by atomic mass is 16.2. The maximum absolute atomic E-state index is 13.5. The monoisotopic (exact) mass is 525 g/mol. The van der Waals surface area contributed by atoms with E-state index in [1.807, 2.05) is 34.6 Å². The summed E-state index contributed by atoms with van der Waals surface area (Å²) >= 11 is 0. The summed E-state index contributed by atoms with van der Waals surface area (Å²) in [5.74, 6) is -2.02. The number of carbonyl (C=O) groups is 5. The average Bonchev–Trinajstić information content (AvgIpc) is 2.80. The number of hydrogen-bond donors (Lipinski definition) is 2. The van der Waals surface area contributed by atoms with Crippen LogP contribution in [0.2, 0.25) is 0 Å². The third kappa shape index (κ3) is 10.3. The summed E-state index contributed by atoms with van der Waals surface area (Å²) in [6, 6.07) is -3.28. The third-order valence-electron chi connectivity index (χ3n) is 6.68. The molecule has 0 aliphatic carbocycles. The van der Waals surface area contributed by atoms with Crippen LogP contribution in [0.15, 0.2) is 0 Å². The predicted octanol–water partition coefficient (Wildman–Crippen LogP) is 2.01. The number of nitrogens with two attached hydrogens (primary N) is 1. The van der Waals surface area contributed by atoms with Crippen molar-refractivity contribution >= 4 is 29.5 Å². The number of hydrogen-bond acceptors (Lipinski definition) is 5. The first-order valence-corrected chi connectivity index (χ1v) is 13.4. The molecule has 0 aromatic heterocycles. The van der Waals surface area contributed by atoms with Gasteiger partial charge in [-0.05, 0) is 43.9 Å². The van der Waals surface area contributed by atoms with Crippen LogP contribution in [0.4, 0.5) is 0 Å². The SMILES string of the molecule is CCCC(=O)N(C)[C@H](C)C(=O)N(C)[C@@H](CC(C)C)C(=O)N[C@H](C(=O)N(C)[C@@H](CC(C)C)C(N)=O)C(C)C. The first-order valence-electron chi connectivity index (χ1n) is 13.4. The number of likely N-dealkylation sites (N-methyl/N-ethyl adjacent to an activating group) is 3. The van der Waals surface area contributed by atoms with Gasteiger partial charge in [0.15, 0.2) is 0 Å². The summed E-state index contributed by atoms with van der Waals surface area (Å²) in [5, 5.41) is 2.84. The molecule has 0 aliphatic heterocycles. The van der Waals surface area contributed by atoms with E-state index < -0.39 is 41.9 Å². The summed E-state index contributed by atoms with van der Waals surface area (Å²) in [7, 11) is 4.66. The Morgan fingerprint density at radius 2 is 1.19 bits per heavy atom. The second-order valence-corrected chi connectivity index (χ2v) is 11.3. The van der Waals surface area contributed by atoms with Crippen molar-refractivity contribution in [2.24, 2.45) is 23.5 Å². The minimum absolute atomic E-state index is 0.0851. The summed E-state index contributed by atoms with van der Waals surface area (Å²) in [6.07, 6.45) is 1.79. The van der Waals surface area contributed by atoms with E-state index in [9.17, 15) is 24.0 Å². The van der Waals surface area contributed by atoms with E-state index in [0.29, 0.717) is 25.7 Å². The lowest BCUT2D eigenvalue weighted by molar-refractivity contribution is -0.148. The van der Waals surface area contributed by atoms with Crippen molar-refractivity contribution in [3.8, 4) is 0 Å². The predicted molar refractivity (Wildman–Crippen MR) is 145 cm³/mol. The van der Waals surface area contributed by atoms with Crippen LogP contribution in [-0.2, 0) is 24.0 Å². The largest absolute Gasteiger partial charge is 0.368 e. The number of carbonyl (C=O) groups excluding carboxylic acids is 5. The molecule has 0 heterocycles. The van der Waals surface area contributed by atoms with E-state index in [0.717, 1.165) is 0 Å². The fraction of sp³-hybridized carbons (Fsp3) is 0.815. The van der Waals surface area contributed by atoms with Crippen molar-refractivity contribution in [3.05, 3.63) is 0 Å². The number of nitrogens with one attached hydrogen (secondary N) is 1. The summed E-state index contributed by atoms with van der Waals surface area (Å²) in [5.41, 5.74) is 5.58. The Kier molecular flexibility index (Phi) is 14.5. The molecule has 0 aromatic carbocycles. The zero-order chi connectivity index (χ0) is 29.2. The lowest BCUT2D eigenvalue weighted by Gasteiger charge is -2.36. The quantitative estimate of drug-likeness (QED) is 0.337. The van der Waals surface area contributed by atoms with Crippen molar-refractivity contribution < 1.29 is 24.0 Å². The number of nitrogens with zero attached hydrogens (tertiary/aromatic N) is 3. The maximum atomic E-state index is 13.5. The summed E-state index contributed by atoms with van der Waals surface area (Å²) in [6.45, 7) is 14.9. The first-order chi connectivity index (χ1) is 17.0. The van der Waals surface area contributed by atoms with Gasteiger partial charge in [0.2, 0.25) is 29.5 Å². The Morgan fingerprint density at radius 1 is 0.730 bits per heavy atom. The van der Waals surface area contributed by atoms with E-state index in [4.69, 9.17) is 5.73 Å². The normalized spacial score (nSPS) is 14.6. The van der Waals surface area contributed by atoms with Crippen LogP contribution in [0.3, 0.4) is 0 Å². The molecule has 3 N–H and O–H groups in total. The molecule has 0 saturated carbocycles. The van der Waals surface area contributed by atoms with Gasteiger partial charge in [0, 0.05) is 27.6 Å². The number of rotatable bonds is 15. The fourth-order valence-corrected chi connectivity index (χ4v) is 4.16. The van der Waals surface area contributed by atoms with E-state index in [-0.39, 0.29) is 29.6 Å². The molecule has 4 atom stereocenters. The van der Waals surface area contributed by atoms with E-state index in [1.54, 1.807) is 34.9 Å². The van der Waals surface area contributed by atoms with Crippen LogP contribution in [0.1, 0.15) is 81.1 Å². The molecule has 0 bridgehead atoms. The summed E-state index contributed by atoms with van der Waals surface area (Å²) in [4.78, 5) is 68.7. The second-order valence-electron chi connectivity index (χ2n) is 11.3. The number of amides is 5. The molecule has 0 radical (unpaired) electrons. The Hall–Kier alpha value is -2.65. The number of primary amides is 1. The Bertz CT molecular complexity index is 798. The molecule has 0 saturated heterocycles. The van der Waals surface area contributed by atoms with E-state index >= 15 is 0 Å². The van der Waals surface area contributed by atoms with Crippen molar-refractivity contribution in [2.75, 3.05) is 21.1 Å². The van der Waals surface area contributed by atoms with Crippen molar-refractivity contribution in [1.29, 1.82) is 0 Å². The third-order valence-corrected chi connectivity index (χ3v) is 6.68. The Balaban J connectivity index is 5.92.